The van der Waals surface area contributed by atoms with E-state index in [2.05, 4.69) is 14.9 Å². The number of urea groups is 1. The van der Waals surface area contributed by atoms with Gasteiger partial charge >= 0.3 is 6.03 Å². The average molecular weight is 542 g/mol. The monoisotopic (exact) mass is 541 g/mol. The summed E-state index contributed by atoms with van der Waals surface area (Å²) < 4.78 is 28.6. The van der Waals surface area contributed by atoms with Gasteiger partial charge in [0.05, 0.1) is 10.5 Å². The molecule has 206 valence electrons. The second kappa shape index (κ2) is 11.6. The van der Waals surface area contributed by atoms with Gasteiger partial charge in [0.2, 0.25) is 0 Å². The molecule has 2 saturated heterocycles. The van der Waals surface area contributed by atoms with E-state index >= 15 is 0 Å². The minimum absolute atomic E-state index is 0.0883. The van der Waals surface area contributed by atoms with Gasteiger partial charge in [0, 0.05) is 56.2 Å². The van der Waals surface area contributed by atoms with E-state index in [1.54, 1.807) is 30.3 Å². The van der Waals surface area contributed by atoms with Crippen LogP contribution in [0.25, 0.3) is 0 Å². The molecule has 0 spiro atoms. The molecular weight excluding hydrogens is 502 g/mol. The Morgan fingerprint density at radius 2 is 1.47 bits per heavy atom. The van der Waals surface area contributed by atoms with E-state index in [0.29, 0.717) is 50.5 Å². The fraction of sp³-hybridized carbons (Fsp3) is 0.500. The van der Waals surface area contributed by atoms with Crippen LogP contribution in [-0.4, -0.2) is 75.0 Å². The molecule has 2 heterocycles. The lowest BCUT2D eigenvalue weighted by Crippen LogP contribution is -2.49. The van der Waals surface area contributed by atoms with Crippen molar-refractivity contribution in [2.24, 2.45) is 0 Å². The SMILES string of the molecule is CC(C)(C)NC(=O)N1CCCN(c2ccc(NS(=O)(=O)c3ccccc3)cc2C(=O)N2CCCCC2)CC1. The lowest BCUT2D eigenvalue weighted by Gasteiger charge is -2.31. The van der Waals surface area contributed by atoms with Crippen molar-refractivity contribution in [3.8, 4) is 0 Å². The Hall–Kier alpha value is -3.27. The average Bonchev–Trinajstić information content (AvgIpc) is 3.15. The Balaban J connectivity index is 1.60. The maximum absolute atomic E-state index is 13.7. The second-order valence-electron chi connectivity index (χ2n) is 11.0. The van der Waals surface area contributed by atoms with Crippen LogP contribution in [0.15, 0.2) is 53.4 Å². The van der Waals surface area contributed by atoms with Crippen molar-refractivity contribution in [1.82, 2.24) is 15.1 Å². The molecule has 2 aliphatic heterocycles. The minimum atomic E-state index is -3.80. The highest BCUT2D eigenvalue weighted by atomic mass is 32.2. The quantitative estimate of drug-likeness (QED) is 0.593. The van der Waals surface area contributed by atoms with E-state index in [9.17, 15) is 18.0 Å². The molecule has 4 rings (SSSR count). The van der Waals surface area contributed by atoms with Crippen molar-refractivity contribution in [3.05, 3.63) is 54.1 Å². The standard InChI is InChI=1S/C28H39N5O4S/c1-28(2,3)29-27(35)33-18-10-17-31(19-20-33)25-14-13-22(30-38(36,37)23-11-6-4-7-12-23)21-24(25)26(34)32-15-8-5-9-16-32/h4,6-7,11-14,21,30H,5,8-10,15-20H2,1-3H3,(H,29,35). The topological polar surface area (TPSA) is 102 Å². The summed E-state index contributed by atoms with van der Waals surface area (Å²) >= 11 is 0. The summed E-state index contributed by atoms with van der Waals surface area (Å²) in [5, 5.41) is 3.03. The Bertz CT molecular complexity index is 1240. The van der Waals surface area contributed by atoms with Crippen LogP contribution in [0, 0.1) is 0 Å². The minimum Gasteiger partial charge on any atom is -0.369 e. The fourth-order valence-electron chi connectivity index (χ4n) is 4.89. The van der Waals surface area contributed by atoms with Crippen LogP contribution in [0.2, 0.25) is 0 Å². The van der Waals surface area contributed by atoms with Crippen LogP contribution < -0.4 is 14.9 Å². The first-order valence-electron chi connectivity index (χ1n) is 13.4. The molecular formula is C28H39N5O4S. The number of nitrogens with one attached hydrogen (secondary N) is 2. The molecule has 2 aromatic carbocycles. The van der Waals surface area contributed by atoms with Crippen LogP contribution in [0.4, 0.5) is 16.2 Å². The molecule has 38 heavy (non-hydrogen) atoms. The summed E-state index contributed by atoms with van der Waals surface area (Å²) in [5.74, 6) is -0.0907. The molecule has 2 aliphatic rings. The number of anilines is 2. The molecule has 0 radical (unpaired) electrons. The van der Waals surface area contributed by atoms with Crippen LogP contribution in [0.1, 0.15) is 56.8 Å². The van der Waals surface area contributed by atoms with Gasteiger partial charge in [0.25, 0.3) is 15.9 Å². The first-order valence-corrected chi connectivity index (χ1v) is 14.8. The summed E-state index contributed by atoms with van der Waals surface area (Å²) in [6.45, 7) is 9.69. The molecule has 3 amide bonds. The molecule has 2 N–H and O–H groups in total. The van der Waals surface area contributed by atoms with Crippen LogP contribution >= 0.6 is 0 Å². The van der Waals surface area contributed by atoms with E-state index in [1.807, 2.05) is 36.6 Å². The summed E-state index contributed by atoms with van der Waals surface area (Å²) in [6, 6.07) is 13.3. The summed E-state index contributed by atoms with van der Waals surface area (Å²) in [4.78, 5) is 32.4. The number of nitrogens with zero attached hydrogens (tertiary/aromatic N) is 3. The Labute approximate surface area is 226 Å². The van der Waals surface area contributed by atoms with Gasteiger partial charge in [0.1, 0.15) is 0 Å². The number of benzene rings is 2. The van der Waals surface area contributed by atoms with E-state index in [0.717, 1.165) is 31.4 Å². The maximum Gasteiger partial charge on any atom is 0.317 e. The Kier molecular flexibility index (Phi) is 8.50. The highest BCUT2D eigenvalue weighted by Gasteiger charge is 2.27. The van der Waals surface area contributed by atoms with Crippen LogP contribution in [-0.2, 0) is 10.0 Å². The van der Waals surface area contributed by atoms with Gasteiger partial charge < -0.3 is 20.0 Å². The zero-order valence-corrected chi connectivity index (χ0v) is 23.4. The molecule has 0 atom stereocenters. The Morgan fingerprint density at radius 1 is 0.789 bits per heavy atom. The van der Waals surface area contributed by atoms with Gasteiger partial charge in [0.15, 0.2) is 0 Å². The van der Waals surface area contributed by atoms with E-state index < -0.39 is 10.0 Å². The highest BCUT2D eigenvalue weighted by Crippen LogP contribution is 2.29. The number of carbonyl (C=O) groups excluding carboxylic acids is 2. The summed E-state index contributed by atoms with van der Waals surface area (Å²) in [5.41, 5.74) is 1.27. The second-order valence-corrected chi connectivity index (χ2v) is 12.7. The van der Waals surface area contributed by atoms with Gasteiger partial charge in [-0.2, -0.15) is 0 Å². The molecule has 0 aliphatic carbocycles. The van der Waals surface area contributed by atoms with Crippen molar-refractivity contribution in [2.75, 3.05) is 48.9 Å². The van der Waals surface area contributed by atoms with Crippen molar-refractivity contribution < 1.29 is 18.0 Å². The predicted octanol–water partition coefficient (Wildman–Crippen LogP) is 4.13. The van der Waals surface area contributed by atoms with Crippen LogP contribution in [0.5, 0.6) is 0 Å². The van der Waals surface area contributed by atoms with E-state index in [-0.39, 0.29) is 22.4 Å². The highest BCUT2D eigenvalue weighted by molar-refractivity contribution is 7.92. The third-order valence-corrected chi connectivity index (χ3v) is 8.18. The number of hydrogen-bond acceptors (Lipinski definition) is 5. The first kappa shape index (κ1) is 27.8. The zero-order valence-electron chi connectivity index (χ0n) is 22.6. The lowest BCUT2D eigenvalue weighted by molar-refractivity contribution is 0.0725. The maximum atomic E-state index is 13.7. The number of hydrogen-bond donors (Lipinski definition) is 2. The number of sulfonamides is 1. The third-order valence-electron chi connectivity index (χ3n) is 6.78. The molecule has 0 aromatic heterocycles. The fourth-order valence-corrected chi connectivity index (χ4v) is 5.96. The van der Waals surface area contributed by atoms with Gasteiger partial charge in [-0.1, -0.05) is 18.2 Å². The van der Waals surface area contributed by atoms with E-state index in [1.165, 1.54) is 12.1 Å². The van der Waals surface area contributed by atoms with Crippen molar-refractivity contribution in [1.29, 1.82) is 0 Å². The molecule has 2 aromatic rings. The van der Waals surface area contributed by atoms with Gasteiger partial charge in [-0.3, -0.25) is 9.52 Å². The van der Waals surface area contributed by atoms with E-state index in [4.69, 9.17) is 0 Å². The van der Waals surface area contributed by atoms with Gasteiger partial charge in [-0.05, 0) is 76.8 Å². The molecule has 9 nitrogen and oxygen atoms in total. The third kappa shape index (κ3) is 6.98. The van der Waals surface area contributed by atoms with Crippen molar-refractivity contribution in [2.45, 2.75) is 56.9 Å². The molecule has 10 heteroatoms. The van der Waals surface area contributed by atoms with Crippen LogP contribution in [0.3, 0.4) is 0 Å². The smallest absolute Gasteiger partial charge is 0.317 e. The number of likely N-dealkylation sites (tertiary alicyclic amines) is 1. The van der Waals surface area contributed by atoms with Gasteiger partial charge in [-0.25, -0.2) is 13.2 Å². The molecule has 2 fully saturated rings. The zero-order chi connectivity index (χ0) is 27.3. The van der Waals surface area contributed by atoms with Crippen molar-refractivity contribution in [3.63, 3.8) is 0 Å². The van der Waals surface area contributed by atoms with Crippen molar-refractivity contribution >= 4 is 33.3 Å². The number of rotatable bonds is 5. The predicted molar refractivity (Wildman–Crippen MR) is 150 cm³/mol. The lowest BCUT2D eigenvalue weighted by atomic mass is 10.1. The number of carbonyl (C=O) groups is 2. The molecule has 0 bridgehead atoms. The molecule has 0 unspecified atom stereocenters. The summed E-state index contributed by atoms with van der Waals surface area (Å²) in [6.07, 6.45) is 3.79. The number of piperidine rings is 1. The van der Waals surface area contributed by atoms with Gasteiger partial charge in [-0.15, -0.1) is 0 Å². The normalized spacial score (nSPS) is 17.1. The number of amides is 3. The molecule has 0 saturated carbocycles. The Morgan fingerprint density at radius 3 is 2.16 bits per heavy atom. The first-order chi connectivity index (χ1) is 18.0. The largest absolute Gasteiger partial charge is 0.369 e. The summed E-state index contributed by atoms with van der Waals surface area (Å²) in [7, 11) is -3.80.